The van der Waals surface area contributed by atoms with E-state index < -0.39 is 0 Å². The molecular formula is C29H26N6O3S. The number of methoxy groups -OCH3 is 1. The van der Waals surface area contributed by atoms with E-state index in [4.69, 9.17) is 9.47 Å². The van der Waals surface area contributed by atoms with Gasteiger partial charge in [-0.1, -0.05) is 42.1 Å². The zero-order valence-electron chi connectivity index (χ0n) is 21.4. The van der Waals surface area contributed by atoms with Gasteiger partial charge in [0.15, 0.2) is 11.0 Å². The van der Waals surface area contributed by atoms with Crippen LogP contribution in [0.3, 0.4) is 0 Å². The quantitative estimate of drug-likeness (QED) is 0.149. The van der Waals surface area contributed by atoms with E-state index in [9.17, 15) is 4.79 Å². The fourth-order valence-corrected chi connectivity index (χ4v) is 4.80. The molecule has 0 bridgehead atoms. The lowest BCUT2D eigenvalue weighted by molar-refractivity contribution is -0.118. The maximum atomic E-state index is 12.7. The summed E-state index contributed by atoms with van der Waals surface area (Å²) in [5.41, 5.74) is 5.05. The van der Waals surface area contributed by atoms with Gasteiger partial charge >= 0.3 is 0 Å². The van der Waals surface area contributed by atoms with Crippen molar-refractivity contribution in [2.24, 2.45) is 5.10 Å². The number of hydrazone groups is 1. The third kappa shape index (κ3) is 5.91. The van der Waals surface area contributed by atoms with Crippen molar-refractivity contribution >= 4 is 34.7 Å². The summed E-state index contributed by atoms with van der Waals surface area (Å²) >= 11 is 1.26. The van der Waals surface area contributed by atoms with E-state index in [1.165, 1.54) is 11.8 Å². The van der Waals surface area contributed by atoms with Crippen LogP contribution in [0.2, 0.25) is 0 Å². The molecule has 0 aliphatic carbocycles. The number of carbonyl (C=O) groups excluding carboxylic acids is 1. The average molecular weight is 539 g/mol. The lowest BCUT2D eigenvalue weighted by atomic mass is 10.0. The van der Waals surface area contributed by atoms with E-state index in [-0.39, 0.29) is 11.7 Å². The van der Waals surface area contributed by atoms with Crippen LogP contribution in [-0.4, -0.2) is 51.3 Å². The first-order valence-corrected chi connectivity index (χ1v) is 13.3. The number of ether oxygens (including phenoxy) is 2. The van der Waals surface area contributed by atoms with Gasteiger partial charge in [-0.05, 0) is 60.2 Å². The fraction of sp³-hybridized carbons (Fsp3) is 0.138. The highest BCUT2D eigenvalue weighted by atomic mass is 32.2. The van der Waals surface area contributed by atoms with E-state index in [1.54, 1.807) is 25.7 Å². The predicted molar refractivity (Wildman–Crippen MR) is 153 cm³/mol. The van der Waals surface area contributed by atoms with Crippen LogP contribution in [0.25, 0.3) is 27.8 Å². The molecule has 0 spiro atoms. The van der Waals surface area contributed by atoms with E-state index in [0.29, 0.717) is 23.3 Å². The van der Waals surface area contributed by atoms with Crippen LogP contribution in [-0.2, 0) is 4.79 Å². The number of nitrogens with zero attached hydrogens (tertiary/aromatic N) is 5. The van der Waals surface area contributed by atoms with Crippen LogP contribution in [0.4, 0.5) is 0 Å². The predicted octanol–water partition coefficient (Wildman–Crippen LogP) is 5.13. The number of thioether (sulfide) groups is 1. The Hall–Kier alpha value is -4.70. The van der Waals surface area contributed by atoms with E-state index in [1.807, 2.05) is 84.3 Å². The van der Waals surface area contributed by atoms with Gasteiger partial charge in [0.25, 0.3) is 5.91 Å². The number of hydrogen-bond donors (Lipinski definition) is 1. The number of nitrogens with one attached hydrogen (secondary N) is 1. The molecule has 5 aromatic rings. The van der Waals surface area contributed by atoms with Crippen molar-refractivity contribution in [3.63, 3.8) is 0 Å². The summed E-state index contributed by atoms with van der Waals surface area (Å²) in [7, 11) is 1.61. The minimum atomic E-state index is -0.278. The molecule has 2 heterocycles. The van der Waals surface area contributed by atoms with Crippen molar-refractivity contribution < 1.29 is 14.3 Å². The number of pyridine rings is 1. The number of rotatable bonds is 10. The molecule has 0 aliphatic rings. The van der Waals surface area contributed by atoms with Gasteiger partial charge in [0.2, 0.25) is 0 Å². The van der Waals surface area contributed by atoms with Crippen LogP contribution in [0.15, 0.2) is 95.4 Å². The molecule has 0 atom stereocenters. The van der Waals surface area contributed by atoms with Gasteiger partial charge in [0.05, 0.1) is 25.7 Å². The maximum absolute atomic E-state index is 12.7. The van der Waals surface area contributed by atoms with Gasteiger partial charge in [-0.2, -0.15) is 5.10 Å². The molecule has 0 radical (unpaired) electrons. The number of fused-ring (bicyclic) bond motifs is 1. The summed E-state index contributed by atoms with van der Waals surface area (Å²) in [6.45, 7) is 2.52. The van der Waals surface area contributed by atoms with Gasteiger partial charge in [0, 0.05) is 29.2 Å². The van der Waals surface area contributed by atoms with Crippen molar-refractivity contribution in [3.05, 3.63) is 90.8 Å². The summed E-state index contributed by atoms with van der Waals surface area (Å²) in [5.74, 6) is 1.88. The molecule has 39 heavy (non-hydrogen) atoms. The Morgan fingerprint density at radius 3 is 2.67 bits per heavy atom. The second-order valence-electron chi connectivity index (χ2n) is 8.29. The summed E-state index contributed by atoms with van der Waals surface area (Å²) in [4.78, 5) is 16.9. The molecule has 0 aliphatic heterocycles. The van der Waals surface area contributed by atoms with Gasteiger partial charge in [0.1, 0.15) is 11.5 Å². The number of amides is 1. The van der Waals surface area contributed by atoms with E-state index >= 15 is 0 Å². The van der Waals surface area contributed by atoms with Crippen molar-refractivity contribution in [3.8, 4) is 28.6 Å². The summed E-state index contributed by atoms with van der Waals surface area (Å²) in [6.07, 6.45) is 5.04. The SMILES string of the molecule is CCOc1ccc(-n2c(SCC(=O)NN=Cc3c(OC)ccc4ccccc34)nnc2-c2cccnc2)cc1. The molecule has 10 heteroatoms. The summed E-state index contributed by atoms with van der Waals surface area (Å²) < 4.78 is 13.0. The highest BCUT2D eigenvalue weighted by molar-refractivity contribution is 7.99. The molecule has 3 aromatic carbocycles. The van der Waals surface area contributed by atoms with Crippen molar-refractivity contribution in [1.82, 2.24) is 25.2 Å². The Morgan fingerprint density at radius 1 is 1.05 bits per heavy atom. The van der Waals surface area contributed by atoms with Crippen molar-refractivity contribution in [1.29, 1.82) is 0 Å². The van der Waals surface area contributed by atoms with Gasteiger partial charge in [-0.3, -0.25) is 14.3 Å². The Labute approximate surface area is 229 Å². The molecule has 1 N–H and O–H groups in total. The third-order valence-corrected chi connectivity index (χ3v) is 6.75. The zero-order valence-corrected chi connectivity index (χ0v) is 22.3. The third-order valence-electron chi connectivity index (χ3n) is 5.82. The Morgan fingerprint density at radius 2 is 1.90 bits per heavy atom. The number of hydrogen-bond acceptors (Lipinski definition) is 8. The highest BCUT2D eigenvalue weighted by Crippen LogP contribution is 2.29. The smallest absolute Gasteiger partial charge is 0.250 e. The zero-order chi connectivity index (χ0) is 27.0. The molecule has 2 aromatic heterocycles. The van der Waals surface area contributed by atoms with Crippen molar-refractivity contribution in [2.45, 2.75) is 12.1 Å². The molecule has 0 unspecified atom stereocenters. The molecule has 0 saturated carbocycles. The van der Waals surface area contributed by atoms with Gasteiger partial charge < -0.3 is 9.47 Å². The van der Waals surface area contributed by atoms with Crippen LogP contribution in [0.5, 0.6) is 11.5 Å². The summed E-state index contributed by atoms with van der Waals surface area (Å²) in [6, 6.07) is 23.2. The number of benzene rings is 3. The van der Waals surface area contributed by atoms with Crippen LogP contribution >= 0.6 is 11.8 Å². The Bertz CT molecular complexity index is 1600. The molecule has 0 saturated heterocycles. The average Bonchev–Trinajstić information content (AvgIpc) is 3.41. The van der Waals surface area contributed by atoms with Crippen LogP contribution in [0, 0.1) is 0 Å². The Balaban J connectivity index is 1.34. The van der Waals surface area contributed by atoms with Crippen LogP contribution in [0.1, 0.15) is 12.5 Å². The summed E-state index contributed by atoms with van der Waals surface area (Å²) in [5, 5.41) is 15.6. The maximum Gasteiger partial charge on any atom is 0.250 e. The fourth-order valence-electron chi connectivity index (χ4n) is 4.05. The highest BCUT2D eigenvalue weighted by Gasteiger charge is 2.17. The molecular weight excluding hydrogens is 512 g/mol. The second-order valence-corrected chi connectivity index (χ2v) is 9.24. The standard InChI is InChI=1S/C29H26N6O3S/c1-3-38-23-13-11-22(12-14-23)35-28(21-8-6-16-30-17-21)33-34-29(35)39-19-27(36)32-31-18-25-24-9-5-4-7-20(24)10-15-26(25)37-2/h4-18H,3,19H2,1-2H3,(H,32,36). The number of aromatic nitrogens is 4. The Kier molecular flexibility index (Phi) is 8.13. The van der Waals surface area contributed by atoms with Crippen LogP contribution < -0.4 is 14.9 Å². The van der Waals surface area contributed by atoms with Gasteiger partial charge in [-0.25, -0.2) is 5.43 Å². The molecule has 9 nitrogen and oxygen atoms in total. The molecule has 1 amide bonds. The lowest BCUT2D eigenvalue weighted by Crippen LogP contribution is -2.20. The molecule has 0 fully saturated rings. The normalized spacial score (nSPS) is 11.1. The van der Waals surface area contributed by atoms with Crippen molar-refractivity contribution in [2.75, 3.05) is 19.5 Å². The first kappa shape index (κ1) is 25.9. The molecule has 196 valence electrons. The monoisotopic (exact) mass is 538 g/mol. The lowest BCUT2D eigenvalue weighted by Gasteiger charge is -2.11. The topological polar surface area (TPSA) is 104 Å². The van der Waals surface area contributed by atoms with E-state index in [2.05, 4.69) is 25.7 Å². The van der Waals surface area contributed by atoms with E-state index in [0.717, 1.165) is 33.3 Å². The minimum absolute atomic E-state index is 0.0895. The first-order chi connectivity index (χ1) is 19.2. The van der Waals surface area contributed by atoms with Gasteiger partial charge in [-0.15, -0.1) is 10.2 Å². The molecule has 5 rings (SSSR count). The second kappa shape index (κ2) is 12.2. The largest absolute Gasteiger partial charge is 0.496 e. The minimum Gasteiger partial charge on any atom is -0.496 e. The number of carbonyl (C=O) groups is 1. The first-order valence-electron chi connectivity index (χ1n) is 12.3.